The highest BCUT2D eigenvalue weighted by molar-refractivity contribution is 5.95. The Balaban J connectivity index is 1.81. The first-order chi connectivity index (χ1) is 13.0. The van der Waals surface area contributed by atoms with E-state index in [0.29, 0.717) is 11.6 Å². The lowest BCUT2D eigenvalue weighted by Gasteiger charge is -2.18. The lowest BCUT2D eigenvalue weighted by atomic mass is 9.97. The zero-order valence-electron chi connectivity index (χ0n) is 16.9. The van der Waals surface area contributed by atoms with Gasteiger partial charge in [-0.15, -0.1) is 0 Å². The van der Waals surface area contributed by atoms with Crippen molar-refractivity contribution in [2.24, 2.45) is 5.92 Å². The number of aromatic nitrogens is 3. The van der Waals surface area contributed by atoms with Crippen molar-refractivity contribution >= 4 is 16.9 Å². The number of anilines is 1. The van der Waals surface area contributed by atoms with Crippen molar-refractivity contribution in [3.63, 3.8) is 0 Å². The van der Waals surface area contributed by atoms with Crippen LogP contribution >= 0.6 is 0 Å². The van der Waals surface area contributed by atoms with E-state index in [9.17, 15) is 0 Å². The molecule has 1 N–H and O–H groups in total. The molecule has 1 atom stereocenters. The quantitative estimate of drug-likeness (QED) is 0.625. The van der Waals surface area contributed by atoms with E-state index >= 15 is 0 Å². The molecule has 5 heteroatoms. The summed E-state index contributed by atoms with van der Waals surface area (Å²) in [6.07, 6.45) is 4.90. The van der Waals surface area contributed by atoms with Crippen LogP contribution in [0.5, 0.6) is 0 Å². The van der Waals surface area contributed by atoms with Crippen molar-refractivity contribution in [2.45, 2.75) is 66.3 Å². The van der Waals surface area contributed by atoms with Crippen LogP contribution in [-0.2, 0) is 0 Å². The monoisotopic (exact) mass is 364 g/mol. The van der Waals surface area contributed by atoms with Crippen LogP contribution in [0.1, 0.15) is 55.1 Å². The summed E-state index contributed by atoms with van der Waals surface area (Å²) in [7, 11) is 0. The van der Waals surface area contributed by atoms with Crippen LogP contribution in [0.3, 0.4) is 0 Å². The van der Waals surface area contributed by atoms with Gasteiger partial charge in [0.15, 0.2) is 5.82 Å². The average Bonchev–Trinajstić information content (AvgIpc) is 3.36. The van der Waals surface area contributed by atoms with Gasteiger partial charge in [-0.2, -0.15) is 0 Å². The summed E-state index contributed by atoms with van der Waals surface area (Å²) in [4.78, 5) is 9.33. The first-order valence-electron chi connectivity index (χ1n) is 9.96. The molecule has 3 aromatic rings. The van der Waals surface area contributed by atoms with Gasteiger partial charge in [-0.3, -0.25) is 0 Å². The molecule has 1 saturated carbocycles. The Hall–Kier alpha value is -2.43. The van der Waals surface area contributed by atoms with Crippen molar-refractivity contribution < 1.29 is 4.52 Å². The van der Waals surface area contributed by atoms with Gasteiger partial charge in [-0.1, -0.05) is 36.2 Å². The molecule has 0 saturated heterocycles. The predicted octanol–water partition coefficient (Wildman–Crippen LogP) is 5.51. The fraction of sp³-hybridized carbons (Fsp3) is 0.500. The second-order valence-corrected chi connectivity index (χ2v) is 7.98. The minimum absolute atomic E-state index is 0.448. The zero-order chi connectivity index (χ0) is 19.1. The lowest BCUT2D eigenvalue weighted by Crippen LogP contribution is -2.22. The van der Waals surface area contributed by atoms with Crippen molar-refractivity contribution in [1.82, 2.24) is 15.1 Å². The number of nitrogens with one attached hydrogen (secondary N) is 1. The van der Waals surface area contributed by atoms with E-state index in [2.05, 4.69) is 60.3 Å². The molecule has 1 aromatic carbocycles. The molecule has 1 aliphatic carbocycles. The van der Waals surface area contributed by atoms with Gasteiger partial charge in [0.25, 0.3) is 0 Å². The van der Waals surface area contributed by atoms with Crippen LogP contribution in [0.25, 0.3) is 22.4 Å². The van der Waals surface area contributed by atoms with Gasteiger partial charge >= 0.3 is 0 Å². The second kappa shape index (κ2) is 6.95. The number of benzene rings is 1. The number of hydrogen-bond acceptors (Lipinski definition) is 5. The van der Waals surface area contributed by atoms with Crippen molar-refractivity contribution in [3.05, 3.63) is 34.6 Å². The maximum Gasteiger partial charge on any atom is 0.228 e. The van der Waals surface area contributed by atoms with E-state index < -0.39 is 0 Å². The molecule has 0 spiro atoms. The smallest absolute Gasteiger partial charge is 0.228 e. The summed E-state index contributed by atoms with van der Waals surface area (Å²) in [5, 5.41) is 8.06. The second-order valence-electron chi connectivity index (χ2n) is 7.98. The van der Waals surface area contributed by atoms with Gasteiger partial charge < -0.3 is 9.84 Å². The molecule has 0 aliphatic heterocycles. The molecule has 5 nitrogen and oxygen atoms in total. The average molecular weight is 364 g/mol. The largest absolute Gasteiger partial charge is 0.364 e. The minimum atomic E-state index is 0.448. The van der Waals surface area contributed by atoms with Crippen molar-refractivity contribution in [2.75, 3.05) is 5.32 Å². The van der Waals surface area contributed by atoms with Crippen LogP contribution in [0.2, 0.25) is 0 Å². The summed E-state index contributed by atoms with van der Waals surface area (Å²) in [5.74, 6) is 2.27. The Kier molecular flexibility index (Phi) is 4.62. The number of aryl methyl sites for hydroxylation is 4. The fourth-order valence-corrected chi connectivity index (χ4v) is 4.17. The Morgan fingerprint density at radius 2 is 1.81 bits per heavy atom. The molecule has 27 heavy (non-hydrogen) atoms. The summed E-state index contributed by atoms with van der Waals surface area (Å²) in [6, 6.07) is 4.81. The number of nitrogens with zero attached hydrogens (tertiary/aromatic N) is 3. The first kappa shape index (κ1) is 18.0. The summed E-state index contributed by atoms with van der Waals surface area (Å²) in [6.45, 7) is 10.5. The molecule has 0 bridgehead atoms. The standard InChI is InChI=1S/C22H28N4O/c1-6-7-17(16-8-9-16)25-22-21-20(23-15(5)24-22)19(26-27-21)18-13(3)10-12(2)11-14(18)4/h10-11,16-17H,6-9H2,1-5H3,(H,23,24,25). The molecule has 1 fully saturated rings. The van der Waals surface area contributed by atoms with Crippen LogP contribution in [-0.4, -0.2) is 21.2 Å². The fourth-order valence-electron chi connectivity index (χ4n) is 4.17. The van der Waals surface area contributed by atoms with Crippen LogP contribution in [0.15, 0.2) is 16.7 Å². The Labute approximate surface area is 160 Å². The summed E-state index contributed by atoms with van der Waals surface area (Å²) >= 11 is 0. The van der Waals surface area contributed by atoms with Gasteiger partial charge in [0, 0.05) is 11.6 Å². The molecule has 2 heterocycles. The van der Waals surface area contributed by atoms with E-state index in [0.717, 1.165) is 47.2 Å². The van der Waals surface area contributed by atoms with E-state index in [1.165, 1.54) is 29.5 Å². The third kappa shape index (κ3) is 3.43. The van der Waals surface area contributed by atoms with Gasteiger partial charge in [0.2, 0.25) is 5.58 Å². The predicted molar refractivity (Wildman–Crippen MR) is 109 cm³/mol. The zero-order valence-corrected chi connectivity index (χ0v) is 16.9. The van der Waals surface area contributed by atoms with Crippen LogP contribution in [0, 0.1) is 33.6 Å². The molecule has 2 aromatic heterocycles. The van der Waals surface area contributed by atoms with Gasteiger partial charge in [-0.25, -0.2) is 9.97 Å². The highest BCUT2D eigenvalue weighted by Gasteiger charge is 2.32. The maximum absolute atomic E-state index is 5.77. The Bertz CT molecular complexity index is 964. The van der Waals surface area contributed by atoms with E-state index in [4.69, 9.17) is 4.52 Å². The molecule has 142 valence electrons. The molecule has 4 rings (SSSR count). The topological polar surface area (TPSA) is 63.8 Å². The third-order valence-electron chi connectivity index (χ3n) is 5.46. The molecular weight excluding hydrogens is 336 g/mol. The lowest BCUT2D eigenvalue weighted by molar-refractivity contribution is 0.458. The van der Waals surface area contributed by atoms with Gasteiger partial charge in [0.1, 0.15) is 17.0 Å². The molecule has 0 amide bonds. The number of rotatable bonds is 6. The van der Waals surface area contributed by atoms with Gasteiger partial charge in [0.05, 0.1) is 0 Å². The first-order valence-corrected chi connectivity index (χ1v) is 9.96. The maximum atomic E-state index is 5.77. The number of hydrogen-bond donors (Lipinski definition) is 1. The van der Waals surface area contributed by atoms with Crippen LogP contribution < -0.4 is 5.32 Å². The van der Waals surface area contributed by atoms with E-state index in [-0.39, 0.29) is 0 Å². The molecular formula is C22H28N4O. The van der Waals surface area contributed by atoms with Crippen molar-refractivity contribution in [1.29, 1.82) is 0 Å². The van der Waals surface area contributed by atoms with Gasteiger partial charge in [-0.05, 0) is 64.0 Å². The molecule has 1 unspecified atom stereocenters. The van der Waals surface area contributed by atoms with Crippen LogP contribution in [0.4, 0.5) is 5.82 Å². The normalized spacial score (nSPS) is 15.3. The molecule has 1 aliphatic rings. The Morgan fingerprint density at radius 3 is 2.44 bits per heavy atom. The molecule has 0 radical (unpaired) electrons. The third-order valence-corrected chi connectivity index (χ3v) is 5.46. The van der Waals surface area contributed by atoms with E-state index in [1.807, 2.05) is 6.92 Å². The Morgan fingerprint density at radius 1 is 1.11 bits per heavy atom. The summed E-state index contributed by atoms with van der Waals surface area (Å²) in [5.41, 5.74) is 7.01. The van der Waals surface area contributed by atoms with E-state index in [1.54, 1.807) is 0 Å². The highest BCUT2D eigenvalue weighted by atomic mass is 16.5. The minimum Gasteiger partial charge on any atom is -0.364 e. The van der Waals surface area contributed by atoms with Crippen molar-refractivity contribution in [3.8, 4) is 11.3 Å². The SMILES string of the molecule is CCCC(Nc1nc(C)nc2c(-c3c(C)cc(C)cc3C)noc12)C1CC1. The summed E-state index contributed by atoms with van der Waals surface area (Å²) < 4.78 is 5.77. The number of fused-ring (bicyclic) bond motifs is 1. The highest BCUT2D eigenvalue weighted by Crippen LogP contribution is 2.38.